The summed E-state index contributed by atoms with van der Waals surface area (Å²) >= 11 is 0. The van der Waals surface area contributed by atoms with Gasteiger partial charge in [-0.1, -0.05) is 18.2 Å². The van der Waals surface area contributed by atoms with Gasteiger partial charge >= 0.3 is 5.97 Å². The molecule has 1 amide bonds. The number of carbonyl (C=O) groups excluding carboxylic acids is 1. The molecule has 0 fully saturated rings. The van der Waals surface area contributed by atoms with Crippen molar-refractivity contribution in [3.63, 3.8) is 0 Å². The van der Waals surface area contributed by atoms with E-state index in [1.165, 1.54) is 17.5 Å². The summed E-state index contributed by atoms with van der Waals surface area (Å²) in [5, 5.41) is 10.9. The van der Waals surface area contributed by atoms with E-state index in [1.807, 2.05) is 18.2 Å². The number of aliphatic carboxylic acids is 1. The third-order valence-electron chi connectivity index (χ3n) is 3.57. The summed E-state index contributed by atoms with van der Waals surface area (Å²) in [6.45, 7) is -1.11. The van der Waals surface area contributed by atoms with Gasteiger partial charge in [0.15, 0.2) is 6.04 Å². The molecule has 0 aromatic heterocycles. The Kier molecular flexibility index (Phi) is 4.71. The number of alkyl halides is 1. The Labute approximate surface area is 117 Å². The Morgan fingerprint density at radius 1 is 1.25 bits per heavy atom. The maximum Gasteiger partial charge on any atom is 0.328 e. The lowest BCUT2D eigenvalue weighted by Gasteiger charge is -2.17. The Bertz CT molecular complexity index is 516. The lowest BCUT2D eigenvalue weighted by atomic mass is 9.90. The summed E-state index contributed by atoms with van der Waals surface area (Å²) in [6.07, 6.45) is 4.53. The number of carboxylic acids is 1. The van der Waals surface area contributed by atoms with Gasteiger partial charge < -0.3 is 10.4 Å². The number of carboxylic acid groups (broad SMARTS) is 1. The molecule has 0 heterocycles. The summed E-state index contributed by atoms with van der Waals surface area (Å²) in [5.41, 5.74) is 3.43. The van der Waals surface area contributed by atoms with E-state index in [0.717, 1.165) is 24.8 Å². The van der Waals surface area contributed by atoms with Crippen LogP contribution in [0.1, 0.15) is 29.5 Å². The zero-order chi connectivity index (χ0) is 14.5. The smallest absolute Gasteiger partial charge is 0.328 e. The summed E-state index contributed by atoms with van der Waals surface area (Å²) in [5.74, 6) is -1.82. The fourth-order valence-electron chi connectivity index (χ4n) is 2.49. The van der Waals surface area contributed by atoms with Crippen LogP contribution >= 0.6 is 0 Å². The van der Waals surface area contributed by atoms with Crippen LogP contribution in [0.15, 0.2) is 18.2 Å². The largest absolute Gasteiger partial charge is 0.480 e. The highest BCUT2D eigenvalue weighted by Crippen LogP contribution is 2.22. The van der Waals surface area contributed by atoms with Crippen molar-refractivity contribution in [3.05, 3.63) is 34.9 Å². The van der Waals surface area contributed by atoms with E-state index in [9.17, 15) is 14.0 Å². The summed E-state index contributed by atoms with van der Waals surface area (Å²) in [6, 6.07) is 4.45. The summed E-state index contributed by atoms with van der Waals surface area (Å²) in [4.78, 5) is 22.4. The van der Waals surface area contributed by atoms with Crippen LogP contribution in [0.5, 0.6) is 0 Å². The van der Waals surface area contributed by atoms with Gasteiger partial charge in [0.1, 0.15) is 6.67 Å². The Balaban J connectivity index is 1.99. The molecule has 1 aromatic rings. The SMILES string of the molecule is O=C(Cc1ccc2c(c1)CCCC2)NC(CF)C(=O)O. The molecular weight excluding hydrogens is 261 g/mol. The lowest BCUT2D eigenvalue weighted by Crippen LogP contribution is -2.43. The van der Waals surface area contributed by atoms with E-state index in [0.29, 0.717) is 0 Å². The number of halogens is 1. The second kappa shape index (κ2) is 6.50. The van der Waals surface area contributed by atoms with Crippen molar-refractivity contribution in [1.82, 2.24) is 5.32 Å². The fraction of sp³-hybridized carbons (Fsp3) is 0.467. The van der Waals surface area contributed by atoms with Gasteiger partial charge in [-0.05, 0) is 42.4 Å². The molecule has 0 spiro atoms. The third kappa shape index (κ3) is 3.56. The highest BCUT2D eigenvalue weighted by molar-refractivity contribution is 5.84. The molecule has 0 bridgehead atoms. The first-order valence-electron chi connectivity index (χ1n) is 6.79. The predicted molar refractivity (Wildman–Crippen MR) is 72.3 cm³/mol. The van der Waals surface area contributed by atoms with Crippen molar-refractivity contribution in [2.24, 2.45) is 0 Å². The molecule has 0 aliphatic heterocycles. The van der Waals surface area contributed by atoms with Gasteiger partial charge in [0, 0.05) is 0 Å². The highest BCUT2D eigenvalue weighted by atomic mass is 19.1. The molecule has 1 aromatic carbocycles. The molecule has 4 nitrogen and oxygen atoms in total. The van der Waals surface area contributed by atoms with Gasteiger partial charge in [-0.25, -0.2) is 9.18 Å². The van der Waals surface area contributed by atoms with Crippen molar-refractivity contribution >= 4 is 11.9 Å². The maximum absolute atomic E-state index is 12.4. The molecule has 0 radical (unpaired) electrons. The van der Waals surface area contributed by atoms with Gasteiger partial charge in [0.2, 0.25) is 5.91 Å². The molecule has 1 aliphatic rings. The molecule has 1 aliphatic carbocycles. The zero-order valence-electron chi connectivity index (χ0n) is 11.2. The summed E-state index contributed by atoms with van der Waals surface area (Å²) < 4.78 is 12.4. The van der Waals surface area contributed by atoms with Crippen LogP contribution in [0.3, 0.4) is 0 Å². The van der Waals surface area contributed by atoms with E-state index in [2.05, 4.69) is 5.32 Å². The number of carbonyl (C=O) groups is 2. The molecule has 0 saturated heterocycles. The van der Waals surface area contributed by atoms with Crippen molar-refractivity contribution in [2.45, 2.75) is 38.1 Å². The Morgan fingerprint density at radius 3 is 2.60 bits per heavy atom. The van der Waals surface area contributed by atoms with Crippen molar-refractivity contribution in [2.75, 3.05) is 6.67 Å². The van der Waals surface area contributed by atoms with E-state index in [1.54, 1.807) is 0 Å². The van der Waals surface area contributed by atoms with E-state index in [4.69, 9.17) is 5.11 Å². The van der Waals surface area contributed by atoms with Crippen LogP contribution in [0.25, 0.3) is 0 Å². The van der Waals surface area contributed by atoms with Crippen LogP contribution in [0, 0.1) is 0 Å². The number of rotatable bonds is 5. The number of aryl methyl sites for hydroxylation is 2. The molecule has 2 N–H and O–H groups in total. The van der Waals surface area contributed by atoms with Gasteiger partial charge in [-0.15, -0.1) is 0 Å². The lowest BCUT2D eigenvalue weighted by molar-refractivity contribution is -0.142. The van der Waals surface area contributed by atoms with Crippen molar-refractivity contribution in [3.8, 4) is 0 Å². The number of hydrogen-bond acceptors (Lipinski definition) is 2. The van der Waals surface area contributed by atoms with Gasteiger partial charge in [0.05, 0.1) is 6.42 Å². The first-order chi connectivity index (χ1) is 9.60. The molecule has 2 rings (SSSR count). The van der Waals surface area contributed by atoms with Crippen LogP contribution in [0.4, 0.5) is 4.39 Å². The molecule has 20 heavy (non-hydrogen) atoms. The molecule has 5 heteroatoms. The molecular formula is C15H18FNO3. The number of hydrogen-bond donors (Lipinski definition) is 2. The standard InChI is InChI=1S/C15H18FNO3/c16-9-13(15(19)20)17-14(18)8-10-5-6-11-3-1-2-4-12(11)7-10/h5-7,13H,1-4,8-9H2,(H,17,18)(H,19,20). The van der Waals surface area contributed by atoms with Crippen LogP contribution in [0.2, 0.25) is 0 Å². The van der Waals surface area contributed by atoms with Crippen molar-refractivity contribution in [1.29, 1.82) is 0 Å². The minimum atomic E-state index is -1.46. The highest BCUT2D eigenvalue weighted by Gasteiger charge is 2.19. The average Bonchev–Trinajstić information content (AvgIpc) is 2.44. The zero-order valence-corrected chi connectivity index (χ0v) is 11.2. The van der Waals surface area contributed by atoms with E-state index >= 15 is 0 Å². The number of benzene rings is 1. The topological polar surface area (TPSA) is 66.4 Å². The number of fused-ring (bicyclic) bond motifs is 1. The molecule has 1 atom stereocenters. The summed E-state index contributed by atoms with van der Waals surface area (Å²) in [7, 11) is 0. The maximum atomic E-state index is 12.4. The Hall–Kier alpha value is -1.91. The predicted octanol–water partition coefficient (Wildman–Crippen LogP) is 1.65. The molecule has 1 unspecified atom stereocenters. The number of amides is 1. The number of nitrogens with one attached hydrogen (secondary N) is 1. The average molecular weight is 279 g/mol. The second-order valence-corrected chi connectivity index (χ2v) is 5.10. The third-order valence-corrected chi connectivity index (χ3v) is 3.57. The van der Waals surface area contributed by atoms with Crippen LogP contribution < -0.4 is 5.32 Å². The van der Waals surface area contributed by atoms with E-state index < -0.39 is 24.6 Å². The van der Waals surface area contributed by atoms with E-state index in [-0.39, 0.29) is 6.42 Å². The minimum Gasteiger partial charge on any atom is -0.480 e. The Morgan fingerprint density at radius 2 is 1.95 bits per heavy atom. The van der Waals surface area contributed by atoms with Gasteiger partial charge in [-0.3, -0.25) is 4.79 Å². The molecule has 0 saturated carbocycles. The monoisotopic (exact) mass is 279 g/mol. The first kappa shape index (κ1) is 14.5. The minimum absolute atomic E-state index is 0.0804. The molecule has 108 valence electrons. The van der Waals surface area contributed by atoms with Crippen LogP contribution in [-0.2, 0) is 28.9 Å². The van der Waals surface area contributed by atoms with Crippen LogP contribution in [-0.4, -0.2) is 29.7 Å². The quantitative estimate of drug-likeness (QED) is 0.861. The van der Waals surface area contributed by atoms with Crippen molar-refractivity contribution < 1.29 is 19.1 Å². The van der Waals surface area contributed by atoms with Gasteiger partial charge in [0.25, 0.3) is 0 Å². The van der Waals surface area contributed by atoms with Gasteiger partial charge in [-0.2, -0.15) is 0 Å². The normalized spacial score (nSPS) is 15.2. The fourth-order valence-corrected chi connectivity index (χ4v) is 2.49. The second-order valence-electron chi connectivity index (χ2n) is 5.10. The first-order valence-corrected chi connectivity index (χ1v) is 6.79.